The minimum Gasteiger partial charge on any atom is -0.384 e. The molecule has 2 aromatic carbocycles. The van der Waals surface area contributed by atoms with E-state index in [0.717, 1.165) is 12.8 Å². The normalized spacial score (nSPS) is 17.2. The van der Waals surface area contributed by atoms with Crippen molar-refractivity contribution < 1.29 is 14.3 Å². The number of hydrogen-bond donors (Lipinski definition) is 2. The molecule has 25 heavy (non-hydrogen) atoms. The average molecular weight is 338 g/mol. The second kappa shape index (κ2) is 7.04. The fourth-order valence-corrected chi connectivity index (χ4v) is 3.12. The number of carbonyl (C=O) groups is 1. The Bertz CT molecular complexity index is 799. The number of nitriles is 1. The van der Waals surface area contributed by atoms with Crippen molar-refractivity contribution >= 4 is 5.91 Å². The van der Waals surface area contributed by atoms with Gasteiger partial charge in [-0.25, -0.2) is 4.39 Å². The number of aliphatic hydroxyl groups is 1. The largest absolute Gasteiger partial charge is 0.384 e. The van der Waals surface area contributed by atoms with Crippen LogP contribution in [0.3, 0.4) is 0 Å². The molecule has 1 aliphatic carbocycles. The number of carbonyl (C=O) groups excluding carboxylic acids is 1. The highest BCUT2D eigenvalue weighted by Crippen LogP contribution is 2.47. The Morgan fingerprint density at radius 2 is 1.88 bits per heavy atom. The summed E-state index contributed by atoms with van der Waals surface area (Å²) in [4.78, 5) is 12.5. The van der Waals surface area contributed by atoms with Crippen LogP contribution in [0.25, 0.3) is 0 Å². The topological polar surface area (TPSA) is 73.1 Å². The SMILES string of the molecule is N#C[C@@H](NC(=O)C[C@@](O)(c1ccccc1)C1CC1)c1ccccc1F. The molecule has 0 spiro atoms. The number of nitrogens with zero attached hydrogens (tertiary/aromatic N) is 1. The Balaban J connectivity index is 1.76. The molecule has 1 amide bonds. The molecule has 0 aliphatic heterocycles. The van der Waals surface area contributed by atoms with Crippen LogP contribution in [-0.4, -0.2) is 11.0 Å². The van der Waals surface area contributed by atoms with E-state index in [4.69, 9.17) is 0 Å². The zero-order chi connectivity index (χ0) is 17.9. The van der Waals surface area contributed by atoms with E-state index in [1.807, 2.05) is 24.3 Å². The molecule has 2 atom stereocenters. The monoisotopic (exact) mass is 338 g/mol. The lowest BCUT2D eigenvalue weighted by molar-refractivity contribution is -0.128. The Morgan fingerprint density at radius 1 is 1.24 bits per heavy atom. The van der Waals surface area contributed by atoms with Crippen LogP contribution in [0.1, 0.15) is 36.4 Å². The van der Waals surface area contributed by atoms with Crippen molar-refractivity contribution in [2.75, 3.05) is 0 Å². The first-order valence-corrected chi connectivity index (χ1v) is 8.26. The minimum atomic E-state index is -1.26. The standard InChI is InChI=1S/C20H19FN2O2/c21-17-9-5-4-8-16(17)18(13-22)23-19(24)12-20(25,15-10-11-15)14-6-2-1-3-7-14/h1-9,15,18,25H,10-12H2,(H,23,24)/t18-,20-/m1/s1. The van der Waals surface area contributed by atoms with Crippen LogP contribution in [0, 0.1) is 23.1 Å². The number of halogens is 1. The third kappa shape index (κ3) is 3.70. The van der Waals surface area contributed by atoms with E-state index in [1.165, 1.54) is 18.2 Å². The first-order valence-electron chi connectivity index (χ1n) is 8.26. The van der Waals surface area contributed by atoms with Gasteiger partial charge in [0.1, 0.15) is 17.5 Å². The van der Waals surface area contributed by atoms with Crippen molar-refractivity contribution in [3.05, 3.63) is 71.5 Å². The fraction of sp³-hybridized carbons (Fsp3) is 0.300. The van der Waals surface area contributed by atoms with Crippen molar-refractivity contribution in [3.63, 3.8) is 0 Å². The smallest absolute Gasteiger partial charge is 0.224 e. The zero-order valence-electron chi connectivity index (χ0n) is 13.7. The Labute approximate surface area is 145 Å². The van der Waals surface area contributed by atoms with Gasteiger partial charge in [-0.3, -0.25) is 4.79 Å². The highest BCUT2D eigenvalue weighted by Gasteiger charge is 2.46. The van der Waals surface area contributed by atoms with Crippen LogP contribution in [0.15, 0.2) is 54.6 Å². The van der Waals surface area contributed by atoms with Crippen molar-refractivity contribution in [1.29, 1.82) is 5.26 Å². The van der Waals surface area contributed by atoms with Gasteiger partial charge in [0.05, 0.1) is 12.5 Å². The molecule has 0 saturated heterocycles. The summed E-state index contributed by atoms with van der Waals surface area (Å²) in [5.41, 5.74) is -0.458. The lowest BCUT2D eigenvalue weighted by Gasteiger charge is -2.28. The summed E-state index contributed by atoms with van der Waals surface area (Å²) in [6.07, 6.45) is 1.55. The molecule has 0 heterocycles. The predicted octanol–water partition coefficient (Wildman–Crippen LogP) is 3.19. The molecule has 3 rings (SSSR count). The fourth-order valence-electron chi connectivity index (χ4n) is 3.12. The molecule has 0 unspecified atom stereocenters. The van der Waals surface area contributed by atoms with Gasteiger partial charge in [0, 0.05) is 5.56 Å². The summed E-state index contributed by atoms with van der Waals surface area (Å²) >= 11 is 0. The van der Waals surface area contributed by atoms with Gasteiger partial charge in [-0.05, 0) is 30.4 Å². The minimum absolute atomic E-state index is 0.0228. The lowest BCUT2D eigenvalue weighted by Crippen LogP contribution is -2.38. The molecular weight excluding hydrogens is 319 g/mol. The third-order valence-corrected chi connectivity index (χ3v) is 4.61. The van der Waals surface area contributed by atoms with E-state index in [9.17, 15) is 19.6 Å². The van der Waals surface area contributed by atoms with E-state index in [-0.39, 0.29) is 17.9 Å². The molecule has 2 N–H and O–H groups in total. The maximum absolute atomic E-state index is 13.9. The predicted molar refractivity (Wildman–Crippen MR) is 90.6 cm³/mol. The number of rotatable bonds is 6. The summed E-state index contributed by atoms with van der Waals surface area (Å²) < 4.78 is 13.9. The average Bonchev–Trinajstić information content (AvgIpc) is 3.46. The quantitative estimate of drug-likeness (QED) is 0.849. The third-order valence-electron chi connectivity index (χ3n) is 4.61. The molecule has 0 aromatic heterocycles. The summed E-state index contributed by atoms with van der Waals surface area (Å²) in [5, 5.41) is 22.9. The Morgan fingerprint density at radius 3 is 2.48 bits per heavy atom. The Hall–Kier alpha value is -2.71. The van der Waals surface area contributed by atoms with Gasteiger partial charge in [0.2, 0.25) is 5.91 Å². The summed E-state index contributed by atoms with van der Waals surface area (Å²) in [6, 6.07) is 15.7. The van der Waals surface area contributed by atoms with Crippen LogP contribution in [0.4, 0.5) is 4.39 Å². The number of amides is 1. The number of benzene rings is 2. The molecule has 0 radical (unpaired) electrons. The van der Waals surface area contributed by atoms with E-state index in [0.29, 0.717) is 5.56 Å². The molecule has 128 valence electrons. The molecule has 1 fully saturated rings. The summed E-state index contributed by atoms with van der Waals surface area (Å²) in [6.45, 7) is 0. The van der Waals surface area contributed by atoms with E-state index < -0.39 is 23.4 Å². The van der Waals surface area contributed by atoms with E-state index in [2.05, 4.69) is 5.32 Å². The highest BCUT2D eigenvalue weighted by atomic mass is 19.1. The van der Waals surface area contributed by atoms with Gasteiger partial charge in [0.25, 0.3) is 0 Å². The van der Waals surface area contributed by atoms with E-state index >= 15 is 0 Å². The van der Waals surface area contributed by atoms with Crippen molar-refractivity contribution in [2.24, 2.45) is 5.92 Å². The molecule has 1 saturated carbocycles. The van der Waals surface area contributed by atoms with Crippen LogP contribution in [0.5, 0.6) is 0 Å². The van der Waals surface area contributed by atoms with Crippen LogP contribution in [0.2, 0.25) is 0 Å². The molecule has 0 bridgehead atoms. The second-order valence-corrected chi connectivity index (χ2v) is 6.39. The molecular formula is C20H19FN2O2. The van der Waals surface area contributed by atoms with Gasteiger partial charge in [-0.15, -0.1) is 0 Å². The first kappa shape index (κ1) is 17.1. The Kier molecular flexibility index (Phi) is 4.82. The van der Waals surface area contributed by atoms with Gasteiger partial charge in [-0.1, -0.05) is 48.5 Å². The van der Waals surface area contributed by atoms with E-state index in [1.54, 1.807) is 18.2 Å². The van der Waals surface area contributed by atoms with Crippen molar-refractivity contribution in [2.45, 2.75) is 30.9 Å². The molecule has 1 aliphatic rings. The van der Waals surface area contributed by atoms with Gasteiger partial charge >= 0.3 is 0 Å². The second-order valence-electron chi connectivity index (χ2n) is 6.39. The van der Waals surface area contributed by atoms with Crippen molar-refractivity contribution in [1.82, 2.24) is 5.32 Å². The number of hydrogen-bond acceptors (Lipinski definition) is 3. The maximum atomic E-state index is 13.9. The van der Waals surface area contributed by atoms with Gasteiger partial charge in [0.15, 0.2) is 0 Å². The van der Waals surface area contributed by atoms with Crippen LogP contribution < -0.4 is 5.32 Å². The maximum Gasteiger partial charge on any atom is 0.224 e. The molecule has 2 aromatic rings. The van der Waals surface area contributed by atoms with Gasteiger partial charge < -0.3 is 10.4 Å². The number of nitrogens with one attached hydrogen (secondary N) is 1. The molecule has 5 heteroatoms. The van der Waals surface area contributed by atoms with Crippen LogP contribution >= 0.6 is 0 Å². The summed E-state index contributed by atoms with van der Waals surface area (Å²) in [5.74, 6) is -1.00. The highest BCUT2D eigenvalue weighted by molar-refractivity contribution is 5.78. The van der Waals surface area contributed by atoms with Crippen molar-refractivity contribution in [3.8, 4) is 6.07 Å². The summed E-state index contributed by atoms with van der Waals surface area (Å²) in [7, 11) is 0. The lowest BCUT2D eigenvalue weighted by atomic mass is 9.85. The first-order chi connectivity index (χ1) is 12.0. The van der Waals surface area contributed by atoms with Crippen LogP contribution in [-0.2, 0) is 10.4 Å². The molecule has 4 nitrogen and oxygen atoms in total. The van der Waals surface area contributed by atoms with Gasteiger partial charge in [-0.2, -0.15) is 5.26 Å². The zero-order valence-corrected chi connectivity index (χ0v) is 13.7.